The van der Waals surface area contributed by atoms with Crippen molar-refractivity contribution < 1.29 is 0 Å². The van der Waals surface area contributed by atoms with E-state index in [1.54, 1.807) is 0 Å². The van der Waals surface area contributed by atoms with Gasteiger partial charge in [0.25, 0.3) is 0 Å². The first-order valence-corrected chi connectivity index (χ1v) is 6.62. The molecule has 0 aliphatic heterocycles. The number of imidazole rings is 1. The first kappa shape index (κ1) is 12.2. The van der Waals surface area contributed by atoms with Crippen molar-refractivity contribution in [1.82, 2.24) is 19.3 Å². The maximum atomic E-state index is 5.48. The third-order valence-corrected chi connectivity index (χ3v) is 3.73. The molecule has 0 atom stereocenters. The summed E-state index contributed by atoms with van der Waals surface area (Å²) in [5.41, 5.74) is 6.51. The van der Waals surface area contributed by atoms with Crippen LogP contribution in [0.2, 0.25) is 0 Å². The van der Waals surface area contributed by atoms with Gasteiger partial charge in [-0.3, -0.25) is 4.57 Å². The fourth-order valence-electron chi connectivity index (χ4n) is 2.49. The number of aromatic amines is 1. The van der Waals surface area contributed by atoms with E-state index >= 15 is 0 Å². The van der Waals surface area contributed by atoms with Crippen LogP contribution in [-0.2, 0) is 7.05 Å². The Bertz CT molecular complexity index is 835. The Morgan fingerprint density at radius 2 is 1.95 bits per heavy atom. The van der Waals surface area contributed by atoms with Crippen LogP contribution in [0, 0.1) is 25.5 Å². The molecule has 19 heavy (non-hydrogen) atoms. The fraction of sp³-hybridized carbons (Fsp3) is 0.286. The SMILES string of the molecule is Cc1ccc(C)c(-n2c(=S)[nH]c3c(C)nn(C)c32)c1. The average molecular weight is 272 g/mol. The van der Waals surface area contributed by atoms with E-state index < -0.39 is 0 Å². The van der Waals surface area contributed by atoms with Crippen molar-refractivity contribution in [2.24, 2.45) is 7.05 Å². The van der Waals surface area contributed by atoms with Crippen LogP contribution < -0.4 is 0 Å². The molecular weight excluding hydrogens is 256 g/mol. The second kappa shape index (κ2) is 4.06. The number of nitrogens with zero attached hydrogens (tertiary/aromatic N) is 3. The van der Waals surface area contributed by atoms with Gasteiger partial charge in [-0.15, -0.1) is 0 Å². The summed E-state index contributed by atoms with van der Waals surface area (Å²) in [6.07, 6.45) is 0. The molecule has 0 fully saturated rings. The summed E-state index contributed by atoms with van der Waals surface area (Å²) in [4.78, 5) is 3.26. The highest BCUT2D eigenvalue weighted by Crippen LogP contribution is 2.24. The summed E-state index contributed by atoms with van der Waals surface area (Å²) in [5, 5.41) is 4.45. The number of aromatic nitrogens is 4. The van der Waals surface area contributed by atoms with E-state index in [2.05, 4.69) is 46.7 Å². The molecule has 0 radical (unpaired) electrons. The molecule has 4 nitrogen and oxygen atoms in total. The Morgan fingerprint density at radius 3 is 2.68 bits per heavy atom. The minimum atomic E-state index is 0.708. The maximum Gasteiger partial charge on any atom is 0.184 e. The second-order valence-electron chi connectivity index (χ2n) is 4.96. The van der Waals surface area contributed by atoms with Crippen LogP contribution in [0.5, 0.6) is 0 Å². The minimum absolute atomic E-state index is 0.708. The average Bonchev–Trinajstić information content (AvgIpc) is 2.81. The van der Waals surface area contributed by atoms with Crippen LogP contribution in [0.3, 0.4) is 0 Å². The number of rotatable bonds is 1. The first-order chi connectivity index (χ1) is 8.99. The quantitative estimate of drug-likeness (QED) is 0.690. The molecule has 2 aromatic heterocycles. The van der Waals surface area contributed by atoms with Gasteiger partial charge in [0, 0.05) is 7.05 Å². The van der Waals surface area contributed by atoms with Crippen LogP contribution in [0.25, 0.3) is 16.9 Å². The molecule has 0 bridgehead atoms. The molecule has 2 heterocycles. The summed E-state index contributed by atoms with van der Waals surface area (Å²) in [6, 6.07) is 6.38. The molecule has 5 heteroatoms. The van der Waals surface area contributed by atoms with Gasteiger partial charge in [-0.1, -0.05) is 12.1 Å². The van der Waals surface area contributed by atoms with Crippen molar-refractivity contribution in [2.45, 2.75) is 20.8 Å². The standard InChI is InChI=1S/C14H16N4S/c1-8-5-6-9(2)11(7-8)18-13-12(15-14(18)19)10(3)16-17(13)4/h5-7H,1-4H3,(H,15,19). The van der Waals surface area contributed by atoms with E-state index in [-0.39, 0.29) is 0 Å². The molecule has 0 spiro atoms. The molecule has 3 aromatic rings. The zero-order chi connectivity index (χ0) is 13.7. The molecule has 0 aliphatic rings. The van der Waals surface area contributed by atoms with Crippen molar-refractivity contribution in [2.75, 3.05) is 0 Å². The van der Waals surface area contributed by atoms with E-state index in [1.807, 2.05) is 18.7 Å². The maximum absolute atomic E-state index is 5.48. The van der Waals surface area contributed by atoms with Crippen molar-refractivity contribution in [1.29, 1.82) is 0 Å². The van der Waals surface area contributed by atoms with Gasteiger partial charge in [0.05, 0.1) is 11.4 Å². The summed E-state index contributed by atoms with van der Waals surface area (Å²) in [5.74, 6) is 0. The predicted octanol–water partition coefficient (Wildman–Crippen LogP) is 3.35. The molecule has 0 amide bonds. The number of benzene rings is 1. The van der Waals surface area contributed by atoms with Crippen molar-refractivity contribution in [3.05, 3.63) is 39.8 Å². The third-order valence-electron chi connectivity index (χ3n) is 3.44. The summed E-state index contributed by atoms with van der Waals surface area (Å²) < 4.78 is 4.64. The lowest BCUT2D eigenvalue weighted by molar-refractivity contribution is 0.758. The molecule has 1 aromatic carbocycles. The van der Waals surface area contributed by atoms with Crippen LogP contribution >= 0.6 is 12.2 Å². The fourth-order valence-corrected chi connectivity index (χ4v) is 2.78. The molecule has 0 saturated carbocycles. The summed E-state index contributed by atoms with van der Waals surface area (Å²) in [7, 11) is 1.94. The van der Waals surface area contributed by atoms with E-state index in [1.165, 1.54) is 11.1 Å². The first-order valence-electron chi connectivity index (χ1n) is 6.21. The van der Waals surface area contributed by atoms with Gasteiger partial charge in [-0.25, -0.2) is 4.68 Å². The van der Waals surface area contributed by atoms with Gasteiger partial charge in [0.2, 0.25) is 0 Å². The van der Waals surface area contributed by atoms with E-state index in [9.17, 15) is 0 Å². The van der Waals surface area contributed by atoms with Gasteiger partial charge in [0.15, 0.2) is 10.4 Å². The zero-order valence-electron chi connectivity index (χ0n) is 11.5. The predicted molar refractivity (Wildman–Crippen MR) is 79.4 cm³/mol. The molecule has 1 N–H and O–H groups in total. The summed E-state index contributed by atoms with van der Waals surface area (Å²) >= 11 is 5.48. The normalized spacial score (nSPS) is 11.4. The Balaban J connectivity index is 2.45. The highest BCUT2D eigenvalue weighted by Gasteiger charge is 2.15. The molecule has 3 rings (SSSR count). The lowest BCUT2D eigenvalue weighted by Crippen LogP contribution is -2.02. The molecule has 0 aliphatic carbocycles. The van der Waals surface area contributed by atoms with Crippen molar-refractivity contribution in [3.8, 4) is 5.69 Å². The number of fused-ring (bicyclic) bond motifs is 1. The highest BCUT2D eigenvalue weighted by molar-refractivity contribution is 7.71. The van der Waals surface area contributed by atoms with E-state index in [4.69, 9.17) is 12.2 Å². The topological polar surface area (TPSA) is 38.5 Å². The zero-order valence-corrected chi connectivity index (χ0v) is 12.3. The van der Waals surface area contributed by atoms with Crippen LogP contribution in [0.1, 0.15) is 16.8 Å². The van der Waals surface area contributed by atoms with Crippen LogP contribution in [-0.4, -0.2) is 19.3 Å². The lowest BCUT2D eigenvalue weighted by atomic mass is 10.1. The Kier molecular flexibility index (Phi) is 2.60. The number of aryl methyl sites for hydroxylation is 4. The largest absolute Gasteiger partial charge is 0.327 e. The highest BCUT2D eigenvalue weighted by atomic mass is 32.1. The Hall–Kier alpha value is -1.88. The molecule has 0 saturated heterocycles. The number of hydrogen-bond donors (Lipinski definition) is 1. The lowest BCUT2D eigenvalue weighted by Gasteiger charge is -2.09. The number of hydrogen-bond acceptors (Lipinski definition) is 2. The minimum Gasteiger partial charge on any atom is -0.327 e. The smallest absolute Gasteiger partial charge is 0.184 e. The van der Waals surface area contributed by atoms with Gasteiger partial charge in [-0.05, 0) is 50.2 Å². The van der Waals surface area contributed by atoms with Gasteiger partial charge in [0.1, 0.15) is 5.52 Å². The number of H-pyrrole nitrogens is 1. The third kappa shape index (κ3) is 1.73. The molecule has 0 unspecified atom stereocenters. The van der Waals surface area contributed by atoms with Gasteiger partial charge < -0.3 is 4.98 Å². The molecule has 98 valence electrons. The second-order valence-corrected chi connectivity index (χ2v) is 5.35. The number of nitrogens with one attached hydrogen (secondary N) is 1. The van der Waals surface area contributed by atoms with Gasteiger partial charge in [-0.2, -0.15) is 5.10 Å². The van der Waals surface area contributed by atoms with Gasteiger partial charge >= 0.3 is 0 Å². The Labute approximate surface area is 116 Å². The summed E-state index contributed by atoms with van der Waals surface area (Å²) in [6.45, 7) is 6.17. The van der Waals surface area contributed by atoms with Crippen LogP contribution in [0.15, 0.2) is 18.2 Å². The molecular formula is C14H16N4S. The van der Waals surface area contributed by atoms with E-state index in [0.29, 0.717) is 4.77 Å². The Morgan fingerprint density at radius 1 is 1.21 bits per heavy atom. The van der Waals surface area contributed by atoms with Crippen molar-refractivity contribution >= 4 is 23.4 Å². The van der Waals surface area contributed by atoms with Crippen molar-refractivity contribution in [3.63, 3.8) is 0 Å². The van der Waals surface area contributed by atoms with E-state index in [0.717, 1.165) is 22.5 Å². The van der Waals surface area contributed by atoms with Crippen LogP contribution in [0.4, 0.5) is 0 Å². The monoisotopic (exact) mass is 272 g/mol.